The molecule has 1 aromatic carbocycles. The summed E-state index contributed by atoms with van der Waals surface area (Å²) in [6.45, 7) is 0. The van der Waals surface area contributed by atoms with Crippen molar-refractivity contribution in [1.82, 2.24) is 0 Å². The number of halogens is 3. The highest BCUT2D eigenvalue weighted by atomic mass is 35.5. The smallest absolute Gasteiger partial charge is 0.259 e. The number of phenolic OH excluding ortho intramolecular Hbond substituents is 1. The van der Waals surface area contributed by atoms with Crippen molar-refractivity contribution in [1.29, 1.82) is 0 Å². The van der Waals surface area contributed by atoms with Gasteiger partial charge in [0, 0.05) is 12.1 Å². The van der Waals surface area contributed by atoms with Gasteiger partial charge in [0.05, 0.1) is 0 Å². The monoisotopic (exact) mass is 192 g/mol. The van der Waals surface area contributed by atoms with E-state index in [0.717, 1.165) is 0 Å². The summed E-state index contributed by atoms with van der Waals surface area (Å²) in [7, 11) is 0. The third kappa shape index (κ3) is 1.53. The molecule has 64 valence electrons. The van der Waals surface area contributed by atoms with E-state index in [1.165, 1.54) is 0 Å². The molecule has 12 heavy (non-hydrogen) atoms. The number of rotatable bonds is 1. The SMILES string of the molecule is O=C(Cl)c1c(O)cc(F)cc1F. The first kappa shape index (κ1) is 8.93. The molecule has 1 rings (SSSR count). The zero-order valence-electron chi connectivity index (χ0n) is 5.64. The van der Waals surface area contributed by atoms with Crippen LogP contribution < -0.4 is 0 Å². The maximum atomic E-state index is 12.7. The van der Waals surface area contributed by atoms with Crippen molar-refractivity contribution in [2.75, 3.05) is 0 Å². The molecule has 5 heteroatoms. The van der Waals surface area contributed by atoms with Crippen LogP contribution in [0, 0.1) is 11.6 Å². The predicted octanol–water partition coefficient (Wildman–Crippen LogP) is 2.05. The molecule has 0 unspecified atom stereocenters. The maximum Gasteiger partial charge on any atom is 0.259 e. The second-order valence-corrected chi connectivity index (χ2v) is 2.40. The van der Waals surface area contributed by atoms with Gasteiger partial charge in [-0.3, -0.25) is 4.79 Å². The molecule has 0 aliphatic heterocycles. The molecule has 0 aromatic heterocycles. The highest BCUT2D eigenvalue weighted by Gasteiger charge is 2.15. The number of aromatic hydroxyl groups is 1. The fourth-order valence-corrected chi connectivity index (χ4v) is 0.942. The molecule has 0 saturated heterocycles. The molecule has 0 atom stereocenters. The molecule has 0 aliphatic rings. The van der Waals surface area contributed by atoms with Crippen molar-refractivity contribution in [2.45, 2.75) is 0 Å². The molecular weight excluding hydrogens is 190 g/mol. The summed E-state index contributed by atoms with van der Waals surface area (Å²) in [6.07, 6.45) is 0. The van der Waals surface area contributed by atoms with Gasteiger partial charge in [-0.2, -0.15) is 0 Å². The van der Waals surface area contributed by atoms with Crippen LogP contribution in [0.3, 0.4) is 0 Å². The van der Waals surface area contributed by atoms with Gasteiger partial charge in [0.1, 0.15) is 22.9 Å². The van der Waals surface area contributed by atoms with Crippen molar-refractivity contribution < 1.29 is 18.7 Å². The lowest BCUT2D eigenvalue weighted by molar-refractivity contribution is 0.107. The first-order valence-corrected chi connectivity index (χ1v) is 3.28. The van der Waals surface area contributed by atoms with Gasteiger partial charge in [-0.15, -0.1) is 0 Å². The molecule has 0 bridgehead atoms. The summed E-state index contributed by atoms with van der Waals surface area (Å²) < 4.78 is 25.0. The Kier molecular flexibility index (Phi) is 2.28. The predicted molar refractivity (Wildman–Crippen MR) is 38.2 cm³/mol. The minimum atomic E-state index is -1.17. The first-order valence-electron chi connectivity index (χ1n) is 2.90. The van der Waals surface area contributed by atoms with Crippen molar-refractivity contribution in [3.8, 4) is 5.75 Å². The van der Waals surface area contributed by atoms with Gasteiger partial charge in [-0.1, -0.05) is 0 Å². The van der Waals surface area contributed by atoms with Gasteiger partial charge in [0.15, 0.2) is 0 Å². The van der Waals surface area contributed by atoms with Crippen LogP contribution in [0.2, 0.25) is 0 Å². The number of hydrogen-bond acceptors (Lipinski definition) is 2. The van der Waals surface area contributed by atoms with E-state index < -0.39 is 28.2 Å². The van der Waals surface area contributed by atoms with E-state index in [1.54, 1.807) is 0 Å². The summed E-state index contributed by atoms with van der Waals surface area (Å²) in [6, 6.07) is 1.08. The average molecular weight is 193 g/mol. The highest BCUT2D eigenvalue weighted by molar-refractivity contribution is 6.68. The van der Waals surface area contributed by atoms with E-state index in [-0.39, 0.29) is 0 Å². The Morgan fingerprint density at radius 1 is 1.42 bits per heavy atom. The molecule has 1 aromatic rings. The molecule has 0 aliphatic carbocycles. The summed E-state index contributed by atoms with van der Waals surface area (Å²) >= 11 is 4.90. The Balaban J connectivity index is 3.38. The number of hydrogen-bond donors (Lipinski definition) is 1. The molecule has 0 saturated carbocycles. The van der Waals surface area contributed by atoms with Crippen molar-refractivity contribution in [3.63, 3.8) is 0 Å². The van der Waals surface area contributed by atoms with Crippen molar-refractivity contribution >= 4 is 16.8 Å². The van der Waals surface area contributed by atoms with Gasteiger partial charge in [0.25, 0.3) is 5.24 Å². The van der Waals surface area contributed by atoms with Crippen LogP contribution in [-0.2, 0) is 0 Å². The van der Waals surface area contributed by atoms with Crippen LogP contribution in [0.1, 0.15) is 10.4 Å². The van der Waals surface area contributed by atoms with Crippen LogP contribution in [0.15, 0.2) is 12.1 Å². The molecule has 0 fully saturated rings. The molecule has 2 nitrogen and oxygen atoms in total. The molecule has 0 amide bonds. The highest BCUT2D eigenvalue weighted by Crippen LogP contribution is 2.23. The standard InChI is InChI=1S/C7H3ClF2O2/c8-7(12)6-4(10)1-3(9)2-5(6)11/h1-2,11H. The minimum Gasteiger partial charge on any atom is -0.507 e. The molecule has 0 spiro atoms. The topological polar surface area (TPSA) is 37.3 Å². The lowest BCUT2D eigenvalue weighted by atomic mass is 10.2. The summed E-state index contributed by atoms with van der Waals surface area (Å²) in [5.74, 6) is -2.94. The van der Waals surface area contributed by atoms with Crippen LogP contribution in [0.25, 0.3) is 0 Å². The zero-order chi connectivity index (χ0) is 9.30. The molecule has 1 N–H and O–H groups in total. The molecular formula is C7H3ClF2O2. The van der Waals surface area contributed by atoms with E-state index in [0.29, 0.717) is 12.1 Å². The first-order chi connectivity index (χ1) is 5.52. The Labute approximate surface area is 71.4 Å². The molecule has 0 radical (unpaired) electrons. The summed E-state index contributed by atoms with van der Waals surface area (Å²) in [4.78, 5) is 10.4. The average Bonchev–Trinajstić information content (AvgIpc) is 1.82. The second kappa shape index (κ2) is 3.06. The zero-order valence-corrected chi connectivity index (χ0v) is 6.40. The fourth-order valence-electron chi connectivity index (χ4n) is 0.755. The Hall–Kier alpha value is -1.16. The van der Waals surface area contributed by atoms with Crippen LogP contribution >= 0.6 is 11.6 Å². The summed E-state index contributed by atoms with van der Waals surface area (Å²) in [5.41, 5.74) is -0.710. The van der Waals surface area contributed by atoms with Crippen LogP contribution in [0.4, 0.5) is 8.78 Å². The third-order valence-corrected chi connectivity index (χ3v) is 1.42. The van der Waals surface area contributed by atoms with Gasteiger partial charge < -0.3 is 5.11 Å². The van der Waals surface area contributed by atoms with Crippen LogP contribution in [0.5, 0.6) is 5.75 Å². The second-order valence-electron chi connectivity index (χ2n) is 2.06. The largest absolute Gasteiger partial charge is 0.507 e. The van der Waals surface area contributed by atoms with E-state index in [4.69, 9.17) is 16.7 Å². The quantitative estimate of drug-likeness (QED) is 0.692. The number of carbonyl (C=O) groups excluding carboxylic acids is 1. The van der Waals surface area contributed by atoms with E-state index in [2.05, 4.69) is 0 Å². The summed E-state index contributed by atoms with van der Waals surface area (Å²) in [5, 5.41) is 7.70. The number of phenols is 1. The van der Waals surface area contributed by atoms with Gasteiger partial charge in [-0.05, 0) is 11.6 Å². The molecule has 0 heterocycles. The van der Waals surface area contributed by atoms with Crippen molar-refractivity contribution in [3.05, 3.63) is 29.3 Å². The lowest BCUT2D eigenvalue weighted by Gasteiger charge is -1.99. The van der Waals surface area contributed by atoms with Gasteiger partial charge in [-0.25, -0.2) is 8.78 Å². The maximum absolute atomic E-state index is 12.7. The number of carbonyl (C=O) groups is 1. The normalized spacial score (nSPS) is 9.92. The van der Waals surface area contributed by atoms with Crippen LogP contribution in [-0.4, -0.2) is 10.3 Å². The Bertz CT molecular complexity index is 315. The van der Waals surface area contributed by atoms with Gasteiger partial charge in [0.2, 0.25) is 0 Å². The van der Waals surface area contributed by atoms with E-state index in [1.807, 2.05) is 0 Å². The number of benzene rings is 1. The Morgan fingerprint density at radius 3 is 2.42 bits per heavy atom. The van der Waals surface area contributed by atoms with E-state index in [9.17, 15) is 13.6 Å². The van der Waals surface area contributed by atoms with Gasteiger partial charge >= 0.3 is 0 Å². The lowest BCUT2D eigenvalue weighted by Crippen LogP contribution is -1.96. The van der Waals surface area contributed by atoms with Crippen molar-refractivity contribution in [2.24, 2.45) is 0 Å². The third-order valence-electron chi connectivity index (χ3n) is 1.23. The van der Waals surface area contributed by atoms with E-state index >= 15 is 0 Å². The fraction of sp³-hybridized carbons (Fsp3) is 0. The minimum absolute atomic E-state index is 0.468. The Morgan fingerprint density at radius 2 is 2.00 bits per heavy atom.